The predicted molar refractivity (Wildman–Crippen MR) is 39.7 cm³/mol. The molecule has 0 aliphatic carbocycles. The van der Waals surface area contributed by atoms with Gasteiger partial charge >= 0.3 is 10.3 Å². The molecule has 0 bridgehead atoms. The molecule has 2 N–H and O–H groups in total. The SMILES string of the molecule is CCP(=O)(O)N(C)S(=O)(=O)O. The molecule has 11 heavy (non-hydrogen) atoms. The zero-order chi connectivity index (χ0) is 9.28. The second-order valence-corrected chi connectivity index (χ2v) is 6.17. The van der Waals surface area contributed by atoms with Crippen molar-refractivity contribution < 1.29 is 22.4 Å². The number of hydrogen-bond donors (Lipinski definition) is 2. The monoisotopic (exact) mass is 203 g/mol. The summed E-state index contributed by atoms with van der Waals surface area (Å²) in [4.78, 5) is 8.87. The first-order valence-electron chi connectivity index (χ1n) is 2.75. The summed E-state index contributed by atoms with van der Waals surface area (Å²) in [6, 6.07) is 0. The minimum absolute atomic E-state index is 0.0694. The molecule has 1 unspecified atom stereocenters. The van der Waals surface area contributed by atoms with Crippen molar-refractivity contribution in [2.45, 2.75) is 6.92 Å². The van der Waals surface area contributed by atoms with Crippen molar-refractivity contribution >= 4 is 17.8 Å². The van der Waals surface area contributed by atoms with Gasteiger partial charge in [0.05, 0.1) is 0 Å². The molecule has 0 aromatic heterocycles. The molecule has 1 atom stereocenters. The Bertz CT molecular complexity index is 271. The van der Waals surface area contributed by atoms with Gasteiger partial charge in [0.15, 0.2) is 0 Å². The molecule has 0 amide bonds. The molecule has 0 aromatic rings. The van der Waals surface area contributed by atoms with Crippen LogP contribution in [0.15, 0.2) is 0 Å². The highest BCUT2D eigenvalue weighted by atomic mass is 32.2. The maximum absolute atomic E-state index is 10.9. The third-order valence-electron chi connectivity index (χ3n) is 1.19. The fraction of sp³-hybridized carbons (Fsp3) is 1.00. The van der Waals surface area contributed by atoms with Gasteiger partial charge in [0.1, 0.15) is 0 Å². The molecule has 68 valence electrons. The van der Waals surface area contributed by atoms with Crippen molar-refractivity contribution in [3.8, 4) is 0 Å². The van der Waals surface area contributed by atoms with Crippen LogP contribution in [-0.4, -0.2) is 35.1 Å². The van der Waals surface area contributed by atoms with Gasteiger partial charge < -0.3 is 4.89 Å². The summed E-state index contributed by atoms with van der Waals surface area (Å²) in [5.41, 5.74) is 0. The lowest BCUT2D eigenvalue weighted by Crippen LogP contribution is -2.23. The van der Waals surface area contributed by atoms with Crippen molar-refractivity contribution in [2.75, 3.05) is 13.2 Å². The molecule has 0 spiro atoms. The maximum Gasteiger partial charge on any atom is 0.343 e. The molecule has 6 nitrogen and oxygen atoms in total. The Morgan fingerprint density at radius 2 is 1.91 bits per heavy atom. The van der Waals surface area contributed by atoms with Crippen LogP contribution in [0.25, 0.3) is 0 Å². The molecular formula is C3H10NO5PS. The van der Waals surface area contributed by atoms with E-state index in [9.17, 15) is 13.0 Å². The van der Waals surface area contributed by atoms with Crippen LogP contribution in [-0.2, 0) is 14.9 Å². The lowest BCUT2D eigenvalue weighted by molar-refractivity contribution is 0.400. The lowest BCUT2D eigenvalue weighted by atomic mass is 11.0. The molecule has 0 aliphatic rings. The summed E-state index contributed by atoms with van der Waals surface area (Å²) in [7, 11) is -7.60. The van der Waals surface area contributed by atoms with Gasteiger partial charge in [-0.05, 0) is 0 Å². The summed E-state index contributed by atoms with van der Waals surface area (Å²) in [6.45, 7) is 1.35. The second-order valence-electron chi connectivity index (χ2n) is 1.89. The van der Waals surface area contributed by atoms with E-state index in [-0.39, 0.29) is 10.2 Å². The van der Waals surface area contributed by atoms with Gasteiger partial charge in [-0.15, -0.1) is 4.08 Å². The zero-order valence-electron chi connectivity index (χ0n) is 6.13. The lowest BCUT2D eigenvalue weighted by Gasteiger charge is -2.17. The Hall–Kier alpha value is 0.0600. The van der Waals surface area contributed by atoms with Crippen LogP contribution in [0.4, 0.5) is 0 Å². The van der Waals surface area contributed by atoms with E-state index in [0.717, 1.165) is 7.05 Å². The van der Waals surface area contributed by atoms with Crippen LogP contribution in [0, 0.1) is 0 Å². The standard InChI is InChI=1S/C3H10NO5PS/c1-3-10(5,6)4(2)11(7,8)9/h3H2,1-2H3,(H,5,6)(H,7,8,9). The minimum Gasteiger partial charge on any atom is -0.332 e. The van der Waals surface area contributed by atoms with Gasteiger partial charge in [-0.3, -0.25) is 9.12 Å². The Kier molecular flexibility index (Phi) is 3.22. The van der Waals surface area contributed by atoms with Crippen LogP contribution in [0.1, 0.15) is 6.92 Å². The molecular weight excluding hydrogens is 193 g/mol. The summed E-state index contributed by atoms with van der Waals surface area (Å²) in [6.07, 6.45) is -0.233. The smallest absolute Gasteiger partial charge is 0.332 e. The van der Waals surface area contributed by atoms with Gasteiger partial charge in [-0.1, -0.05) is 6.92 Å². The summed E-state index contributed by atoms with van der Waals surface area (Å²) < 4.78 is 39.8. The highest BCUT2D eigenvalue weighted by Gasteiger charge is 2.31. The van der Waals surface area contributed by atoms with Crippen LogP contribution in [0.5, 0.6) is 0 Å². The van der Waals surface area contributed by atoms with E-state index < -0.39 is 17.8 Å². The summed E-state index contributed by atoms with van der Waals surface area (Å²) in [5, 5.41) is 0. The van der Waals surface area contributed by atoms with Crippen molar-refractivity contribution in [1.29, 1.82) is 0 Å². The van der Waals surface area contributed by atoms with Crippen molar-refractivity contribution in [1.82, 2.24) is 4.08 Å². The van der Waals surface area contributed by atoms with Crippen LogP contribution >= 0.6 is 7.52 Å². The van der Waals surface area contributed by atoms with E-state index >= 15 is 0 Å². The third kappa shape index (κ3) is 2.88. The van der Waals surface area contributed by atoms with E-state index in [1.54, 1.807) is 0 Å². The number of rotatable bonds is 3. The molecule has 0 fully saturated rings. The first-order valence-corrected chi connectivity index (χ1v) is 5.95. The highest BCUT2D eigenvalue weighted by Crippen LogP contribution is 2.44. The normalized spacial score (nSPS) is 18.3. The van der Waals surface area contributed by atoms with Gasteiger partial charge in [0.2, 0.25) is 0 Å². The van der Waals surface area contributed by atoms with Crippen molar-refractivity contribution in [3.63, 3.8) is 0 Å². The van der Waals surface area contributed by atoms with Crippen molar-refractivity contribution in [3.05, 3.63) is 0 Å². The molecule has 0 saturated carbocycles. The zero-order valence-corrected chi connectivity index (χ0v) is 7.84. The Labute approximate surface area is 65.2 Å². The van der Waals surface area contributed by atoms with Crippen molar-refractivity contribution in [2.24, 2.45) is 0 Å². The fourth-order valence-corrected chi connectivity index (χ4v) is 2.39. The van der Waals surface area contributed by atoms with E-state index in [1.807, 2.05) is 0 Å². The van der Waals surface area contributed by atoms with Gasteiger partial charge in [-0.25, -0.2) is 0 Å². The van der Waals surface area contributed by atoms with Crippen LogP contribution in [0.2, 0.25) is 0 Å². The summed E-state index contributed by atoms with van der Waals surface area (Å²) in [5.74, 6) is 0. The van der Waals surface area contributed by atoms with E-state index in [1.165, 1.54) is 6.92 Å². The Morgan fingerprint density at radius 1 is 1.55 bits per heavy atom. The van der Waals surface area contributed by atoms with Gasteiger partial charge in [0.25, 0.3) is 7.52 Å². The minimum atomic E-state index is -4.55. The fourth-order valence-electron chi connectivity index (χ4n) is 0.360. The summed E-state index contributed by atoms with van der Waals surface area (Å²) >= 11 is 0. The molecule has 0 heterocycles. The Morgan fingerprint density at radius 3 is 2.00 bits per heavy atom. The molecule has 0 rings (SSSR count). The number of nitrogens with zero attached hydrogens (tertiary/aromatic N) is 1. The van der Waals surface area contributed by atoms with Gasteiger partial charge in [0, 0.05) is 13.2 Å². The first-order chi connectivity index (χ1) is 4.72. The average molecular weight is 203 g/mol. The topological polar surface area (TPSA) is 94.9 Å². The molecule has 0 saturated heterocycles. The van der Waals surface area contributed by atoms with Crippen LogP contribution < -0.4 is 0 Å². The van der Waals surface area contributed by atoms with Crippen LogP contribution in [0.3, 0.4) is 0 Å². The maximum atomic E-state index is 10.9. The highest BCUT2D eigenvalue weighted by molar-refractivity contribution is 7.89. The molecule has 0 radical (unpaired) electrons. The average Bonchev–Trinajstić information content (AvgIpc) is 1.84. The second kappa shape index (κ2) is 3.20. The third-order valence-corrected chi connectivity index (χ3v) is 4.94. The Balaban J connectivity index is 4.79. The molecule has 0 aliphatic heterocycles. The number of hydrogen-bond acceptors (Lipinski definition) is 3. The van der Waals surface area contributed by atoms with E-state index in [2.05, 4.69) is 0 Å². The largest absolute Gasteiger partial charge is 0.343 e. The van der Waals surface area contributed by atoms with E-state index in [0.29, 0.717) is 0 Å². The molecule has 0 aromatic carbocycles. The quantitative estimate of drug-likeness (QED) is 0.494. The van der Waals surface area contributed by atoms with Gasteiger partial charge in [-0.2, -0.15) is 8.42 Å². The first kappa shape index (κ1) is 11.1. The molecule has 8 heteroatoms. The predicted octanol–water partition coefficient (Wildman–Crippen LogP) is -0.0737. The van der Waals surface area contributed by atoms with E-state index in [4.69, 9.17) is 9.45 Å².